The average Bonchev–Trinajstić information content (AvgIpc) is 3.15. The minimum atomic E-state index is 0.589. The van der Waals surface area contributed by atoms with Crippen molar-refractivity contribution in [2.24, 2.45) is 0 Å². The Kier molecular flexibility index (Phi) is 2.93. The van der Waals surface area contributed by atoms with Crippen molar-refractivity contribution in [3.63, 3.8) is 0 Å². The van der Waals surface area contributed by atoms with E-state index in [1.807, 2.05) is 53.2 Å². The molecule has 0 unspecified atom stereocenters. The SMILES string of the molecule is Cc1c(-c2cccs2)c(Cl)c2c(nc3ccccn32)c1C#N. The lowest BCUT2D eigenvalue weighted by molar-refractivity contribution is 1.23. The molecule has 1 aromatic carbocycles. The molecule has 0 amide bonds. The molecule has 0 saturated heterocycles. The van der Waals surface area contributed by atoms with Crippen molar-refractivity contribution in [2.45, 2.75) is 6.92 Å². The van der Waals surface area contributed by atoms with Crippen LogP contribution in [0.25, 0.3) is 27.1 Å². The zero-order chi connectivity index (χ0) is 15.3. The number of hydrogen-bond acceptors (Lipinski definition) is 3. The van der Waals surface area contributed by atoms with Crippen molar-refractivity contribution in [3.05, 3.63) is 58.1 Å². The number of thiophene rings is 1. The van der Waals surface area contributed by atoms with Crippen LogP contribution in [0, 0.1) is 18.3 Å². The van der Waals surface area contributed by atoms with Gasteiger partial charge in [-0.25, -0.2) is 4.98 Å². The van der Waals surface area contributed by atoms with Crippen LogP contribution in [0.2, 0.25) is 5.02 Å². The highest BCUT2D eigenvalue weighted by Crippen LogP contribution is 2.41. The fourth-order valence-corrected chi connectivity index (χ4v) is 4.13. The average molecular weight is 324 g/mol. The lowest BCUT2D eigenvalue weighted by Gasteiger charge is -2.10. The summed E-state index contributed by atoms with van der Waals surface area (Å²) in [5.74, 6) is 0. The predicted octanol–water partition coefficient (Wildman–Crippen LogP) is 5.05. The van der Waals surface area contributed by atoms with Gasteiger partial charge in [0.1, 0.15) is 17.2 Å². The molecule has 0 atom stereocenters. The second-order valence-electron chi connectivity index (χ2n) is 5.02. The van der Waals surface area contributed by atoms with Gasteiger partial charge in [-0.15, -0.1) is 11.3 Å². The van der Waals surface area contributed by atoms with Gasteiger partial charge in [-0.3, -0.25) is 4.40 Å². The number of aromatic nitrogens is 2. The minimum absolute atomic E-state index is 0.589. The van der Waals surface area contributed by atoms with Gasteiger partial charge >= 0.3 is 0 Å². The van der Waals surface area contributed by atoms with Gasteiger partial charge in [0.25, 0.3) is 0 Å². The molecule has 0 aliphatic carbocycles. The van der Waals surface area contributed by atoms with Crippen LogP contribution in [0.5, 0.6) is 0 Å². The molecule has 5 heteroatoms. The number of imidazole rings is 1. The Balaban J connectivity index is 2.28. The van der Waals surface area contributed by atoms with Crippen LogP contribution in [0.4, 0.5) is 0 Å². The van der Waals surface area contributed by atoms with E-state index >= 15 is 0 Å². The third-order valence-corrected chi connectivity index (χ3v) is 5.08. The normalized spacial score (nSPS) is 11.1. The van der Waals surface area contributed by atoms with E-state index in [0.717, 1.165) is 27.2 Å². The van der Waals surface area contributed by atoms with E-state index in [0.29, 0.717) is 16.1 Å². The molecule has 0 bridgehead atoms. The molecule has 0 saturated carbocycles. The standard InChI is InChI=1S/C17H10ClN3S/c1-10-11(9-19)16-17(21-7-3-2-6-13(21)20-16)15(18)14(10)12-5-4-8-22-12/h2-8H,1H3. The Hall–Kier alpha value is -2.35. The number of pyridine rings is 1. The molecule has 4 rings (SSSR count). The summed E-state index contributed by atoms with van der Waals surface area (Å²) >= 11 is 8.34. The molecule has 0 spiro atoms. The highest BCUT2D eigenvalue weighted by Gasteiger charge is 2.21. The number of benzene rings is 1. The van der Waals surface area contributed by atoms with Crippen molar-refractivity contribution in [1.82, 2.24) is 9.38 Å². The van der Waals surface area contributed by atoms with E-state index in [1.54, 1.807) is 11.3 Å². The van der Waals surface area contributed by atoms with E-state index < -0.39 is 0 Å². The molecule has 4 aromatic rings. The molecule has 3 heterocycles. The zero-order valence-corrected chi connectivity index (χ0v) is 13.2. The summed E-state index contributed by atoms with van der Waals surface area (Å²) in [6.07, 6.45) is 1.92. The van der Waals surface area contributed by atoms with Crippen molar-refractivity contribution in [1.29, 1.82) is 5.26 Å². The number of rotatable bonds is 1. The van der Waals surface area contributed by atoms with E-state index in [-0.39, 0.29) is 0 Å². The Morgan fingerprint density at radius 3 is 2.86 bits per heavy atom. The fraction of sp³-hybridized carbons (Fsp3) is 0.0588. The van der Waals surface area contributed by atoms with E-state index in [9.17, 15) is 5.26 Å². The summed E-state index contributed by atoms with van der Waals surface area (Å²) in [7, 11) is 0. The van der Waals surface area contributed by atoms with Gasteiger partial charge in [0.2, 0.25) is 0 Å². The summed E-state index contributed by atoms with van der Waals surface area (Å²) in [6.45, 7) is 1.93. The van der Waals surface area contributed by atoms with Crippen LogP contribution in [0.15, 0.2) is 41.9 Å². The van der Waals surface area contributed by atoms with E-state index in [1.165, 1.54) is 0 Å². The largest absolute Gasteiger partial charge is 0.298 e. The first-order chi connectivity index (χ1) is 10.7. The first-order valence-corrected chi connectivity index (χ1v) is 8.01. The van der Waals surface area contributed by atoms with Crippen molar-refractivity contribution in [3.8, 4) is 16.5 Å². The molecule has 0 N–H and O–H groups in total. The van der Waals surface area contributed by atoms with E-state index in [4.69, 9.17) is 11.6 Å². The summed E-state index contributed by atoms with van der Waals surface area (Å²) in [6, 6.07) is 12.1. The smallest absolute Gasteiger partial charge is 0.138 e. The molecule has 0 aliphatic heterocycles. The van der Waals surface area contributed by atoms with Gasteiger partial charge in [-0.1, -0.05) is 23.7 Å². The maximum absolute atomic E-state index is 9.62. The molecular weight excluding hydrogens is 314 g/mol. The molecule has 106 valence electrons. The summed E-state index contributed by atoms with van der Waals surface area (Å²) in [5, 5.41) is 12.3. The third kappa shape index (κ3) is 1.70. The maximum Gasteiger partial charge on any atom is 0.138 e. The van der Waals surface area contributed by atoms with Gasteiger partial charge in [-0.2, -0.15) is 5.26 Å². The highest BCUT2D eigenvalue weighted by molar-refractivity contribution is 7.13. The quantitative estimate of drug-likeness (QED) is 0.492. The molecule has 3 aromatic heterocycles. The molecule has 0 fully saturated rings. The lowest BCUT2D eigenvalue weighted by atomic mass is 10.00. The van der Waals surface area contributed by atoms with Crippen LogP contribution in [-0.2, 0) is 0 Å². The van der Waals surface area contributed by atoms with Crippen LogP contribution in [-0.4, -0.2) is 9.38 Å². The predicted molar refractivity (Wildman–Crippen MR) is 90.5 cm³/mol. The van der Waals surface area contributed by atoms with Crippen molar-refractivity contribution >= 4 is 39.6 Å². The molecule has 0 aliphatic rings. The molecule has 3 nitrogen and oxygen atoms in total. The van der Waals surface area contributed by atoms with Crippen molar-refractivity contribution < 1.29 is 0 Å². The van der Waals surface area contributed by atoms with Gasteiger partial charge in [0.05, 0.1) is 16.1 Å². The minimum Gasteiger partial charge on any atom is -0.298 e. The van der Waals surface area contributed by atoms with Gasteiger partial charge in [-0.05, 0) is 36.1 Å². The fourth-order valence-electron chi connectivity index (χ4n) is 2.82. The molecule has 0 radical (unpaired) electrons. The zero-order valence-electron chi connectivity index (χ0n) is 11.7. The molecular formula is C17H10ClN3S. The summed E-state index contributed by atoms with van der Waals surface area (Å²) < 4.78 is 1.94. The van der Waals surface area contributed by atoms with Crippen LogP contribution < -0.4 is 0 Å². The third-order valence-electron chi connectivity index (χ3n) is 3.82. The Bertz CT molecular complexity index is 1060. The van der Waals surface area contributed by atoms with Crippen LogP contribution in [0.1, 0.15) is 11.1 Å². The Labute approximate surface area is 136 Å². The number of hydrogen-bond donors (Lipinski definition) is 0. The first-order valence-electron chi connectivity index (χ1n) is 6.75. The monoisotopic (exact) mass is 323 g/mol. The van der Waals surface area contributed by atoms with Crippen LogP contribution >= 0.6 is 22.9 Å². The van der Waals surface area contributed by atoms with Gasteiger partial charge in [0, 0.05) is 16.6 Å². The molecule has 22 heavy (non-hydrogen) atoms. The van der Waals surface area contributed by atoms with Gasteiger partial charge in [0.15, 0.2) is 0 Å². The number of nitrogens with zero attached hydrogens (tertiary/aromatic N) is 3. The second-order valence-corrected chi connectivity index (χ2v) is 6.34. The van der Waals surface area contributed by atoms with Crippen LogP contribution in [0.3, 0.4) is 0 Å². The number of nitriles is 1. The maximum atomic E-state index is 9.62. The number of fused-ring (bicyclic) bond motifs is 3. The lowest BCUT2D eigenvalue weighted by Crippen LogP contribution is -1.93. The Morgan fingerprint density at radius 1 is 1.27 bits per heavy atom. The first kappa shape index (κ1) is 13.3. The van der Waals surface area contributed by atoms with Crippen molar-refractivity contribution in [2.75, 3.05) is 0 Å². The topological polar surface area (TPSA) is 41.1 Å². The highest BCUT2D eigenvalue weighted by atomic mass is 35.5. The second kappa shape index (κ2) is 4.84. The number of halogens is 1. The summed E-state index contributed by atoms with van der Waals surface area (Å²) in [5.41, 5.74) is 4.64. The van der Waals surface area contributed by atoms with Gasteiger partial charge < -0.3 is 0 Å². The Morgan fingerprint density at radius 2 is 2.14 bits per heavy atom. The summed E-state index contributed by atoms with van der Waals surface area (Å²) in [4.78, 5) is 5.65. The van der Waals surface area contributed by atoms with E-state index in [2.05, 4.69) is 11.1 Å².